The van der Waals surface area contributed by atoms with Gasteiger partial charge in [0.1, 0.15) is 16.5 Å². The van der Waals surface area contributed by atoms with Crippen LogP contribution in [0.4, 0.5) is 0 Å². The van der Waals surface area contributed by atoms with Gasteiger partial charge >= 0.3 is 0 Å². The molecule has 0 fully saturated rings. The molecule has 0 saturated heterocycles. The van der Waals surface area contributed by atoms with E-state index in [1.54, 1.807) is 0 Å². The summed E-state index contributed by atoms with van der Waals surface area (Å²) in [5.41, 5.74) is 0. The highest BCUT2D eigenvalue weighted by atomic mass is 28.4. The van der Waals surface area contributed by atoms with Crippen LogP contribution < -0.4 is 0 Å². The van der Waals surface area contributed by atoms with E-state index >= 15 is 0 Å². The van der Waals surface area contributed by atoms with Crippen molar-refractivity contribution in [3.8, 4) is 6.07 Å². The fraction of sp³-hybridized carbons (Fsp3) is 0.727. The first-order valence-corrected chi connectivity index (χ1v) is 12.3. The molecule has 4 heteroatoms. The average molecular weight is 240 g/mol. The monoisotopic (exact) mass is 240 g/mol. The lowest BCUT2D eigenvalue weighted by Crippen LogP contribution is -2.62. The minimum absolute atomic E-state index is 0.0285. The van der Waals surface area contributed by atoms with Gasteiger partial charge in [0.25, 0.3) is 0 Å². The Morgan fingerprint density at radius 2 is 1.60 bits per heavy atom. The average Bonchev–Trinajstić information content (AvgIpc) is 1.98. The zero-order valence-electron chi connectivity index (χ0n) is 11.0. The first kappa shape index (κ1) is 14.6. The van der Waals surface area contributed by atoms with Crippen molar-refractivity contribution < 1.29 is 0 Å². The quantitative estimate of drug-likeness (QED) is 0.544. The van der Waals surface area contributed by atoms with Gasteiger partial charge in [-0.3, -0.25) is 0 Å². The molecular weight excluding hydrogens is 216 g/mol. The molecule has 1 atom stereocenters. The van der Waals surface area contributed by atoms with E-state index in [0.29, 0.717) is 0 Å². The molecule has 0 heterocycles. The highest BCUT2D eigenvalue weighted by molar-refractivity contribution is 6.89. The summed E-state index contributed by atoms with van der Waals surface area (Å²) in [6.45, 7) is 17.7. The fourth-order valence-corrected chi connectivity index (χ4v) is 12.6. The summed E-state index contributed by atoms with van der Waals surface area (Å²) in [4.78, 5) is 0. The van der Waals surface area contributed by atoms with Crippen molar-refractivity contribution in [1.29, 1.82) is 5.26 Å². The molecule has 0 amide bonds. The molecule has 0 aromatic rings. The zero-order chi connectivity index (χ0) is 12.3. The second-order valence-corrected chi connectivity index (χ2v) is 16.0. The number of rotatable bonds is 5. The van der Waals surface area contributed by atoms with Crippen LogP contribution in [-0.2, 0) is 0 Å². The summed E-state index contributed by atoms with van der Waals surface area (Å²) >= 11 is 0. The third-order valence-corrected chi connectivity index (χ3v) is 9.84. The molecule has 86 valence electrons. The molecule has 0 saturated carbocycles. The van der Waals surface area contributed by atoms with Gasteiger partial charge in [-0.2, -0.15) is 5.26 Å². The fourth-order valence-electron chi connectivity index (χ4n) is 2.31. The van der Waals surface area contributed by atoms with E-state index in [9.17, 15) is 5.26 Å². The van der Waals surface area contributed by atoms with E-state index in [1.165, 1.54) is 0 Å². The molecule has 0 aliphatic rings. The maximum Gasteiger partial charge on any atom is 0.113 e. The number of hydrogen-bond acceptors (Lipinski definition) is 2. The lowest BCUT2D eigenvalue weighted by molar-refractivity contribution is 0.528. The van der Waals surface area contributed by atoms with Gasteiger partial charge in [0.2, 0.25) is 0 Å². The van der Waals surface area contributed by atoms with Crippen LogP contribution in [0.2, 0.25) is 39.3 Å². The third kappa shape index (κ3) is 4.33. The van der Waals surface area contributed by atoms with Gasteiger partial charge in [-0.05, 0) is 6.42 Å². The lowest BCUT2D eigenvalue weighted by atomic mass is 10.2. The molecule has 0 radical (unpaired) electrons. The Bertz CT molecular complexity index is 241. The van der Waals surface area contributed by atoms with Crippen molar-refractivity contribution in [2.45, 2.75) is 51.7 Å². The van der Waals surface area contributed by atoms with E-state index < -0.39 is 16.5 Å². The molecular formula is C11H24N2Si2. The van der Waals surface area contributed by atoms with Crippen molar-refractivity contribution in [1.82, 2.24) is 4.23 Å². The first-order chi connectivity index (χ1) is 6.64. The molecule has 0 N–H and O–H groups in total. The van der Waals surface area contributed by atoms with E-state index in [-0.39, 0.29) is 6.04 Å². The summed E-state index contributed by atoms with van der Waals surface area (Å²) in [5, 5.41) is 9.26. The van der Waals surface area contributed by atoms with Crippen LogP contribution in [0.15, 0.2) is 12.7 Å². The lowest BCUT2D eigenvalue weighted by Gasteiger charge is -2.46. The normalized spacial score (nSPS) is 14.8. The van der Waals surface area contributed by atoms with Crippen molar-refractivity contribution >= 4 is 16.5 Å². The Kier molecular flexibility index (Phi) is 4.98. The summed E-state index contributed by atoms with van der Waals surface area (Å²) in [6.07, 6.45) is 2.65. The van der Waals surface area contributed by atoms with Gasteiger partial charge in [0.05, 0.1) is 12.1 Å². The second-order valence-electron chi connectivity index (χ2n) is 5.88. The van der Waals surface area contributed by atoms with Crippen LogP contribution in [0, 0.1) is 11.3 Å². The molecule has 0 aromatic carbocycles. The number of hydrogen-bond donors (Lipinski definition) is 0. The predicted molar refractivity (Wildman–Crippen MR) is 72.7 cm³/mol. The molecule has 0 aromatic heterocycles. The van der Waals surface area contributed by atoms with Crippen LogP contribution >= 0.6 is 0 Å². The smallest absolute Gasteiger partial charge is 0.113 e. The summed E-state index contributed by atoms with van der Waals surface area (Å²) in [7, 11) is -2.84. The standard InChI is InChI=1S/C11H24N2Si2/c1-8-9-11(10-12)13(14(2,3)4)15(5,6)7/h8,11H,1,9H2,2-7H3. The first-order valence-electron chi connectivity index (χ1n) is 5.44. The Morgan fingerprint density at radius 3 is 1.80 bits per heavy atom. The molecule has 0 spiro atoms. The minimum atomic E-state index is -1.42. The molecule has 0 rings (SSSR count). The Balaban J connectivity index is 5.11. The minimum Gasteiger partial charge on any atom is -0.331 e. The molecule has 0 aliphatic carbocycles. The van der Waals surface area contributed by atoms with Gasteiger partial charge in [-0.25, -0.2) is 0 Å². The number of nitrogens with zero attached hydrogens (tertiary/aromatic N) is 2. The SMILES string of the molecule is C=CCC(C#N)N([Si](C)(C)C)[Si](C)(C)C. The van der Waals surface area contributed by atoms with Crippen LogP contribution in [-0.4, -0.2) is 26.7 Å². The summed E-state index contributed by atoms with van der Waals surface area (Å²) < 4.78 is 2.53. The summed E-state index contributed by atoms with van der Waals surface area (Å²) in [6, 6.07) is 2.47. The van der Waals surface area contributed by atoms with Crippen LogP contribution in [0.1, 0.15) is 6.42 Å². The van der Waals surface area contributed by atoms with E-state index in [2.05, 4.69) is 56.2 Å². The topological polar surface area (TPSA) is 27.0 Å². The highest BCUT2D eigenvalue weighted by Crippen LogP contribution is 2.24. The molecule has 1 unspecified atom stereocenters. The summed E-state index contributed by atoms with van der Waals surface area (Å²) in [5.74, 6) is 0. The Morgan fingerprint density at radius 1 is 1.20 bits per heavy atom. The Labute approximate surface area is 96.8 Å². The Hall–Kier alpha value is -0.376. The maximum atomic E-state index is 9.26. The van der Waals surface area contributed by atoms with Gasteiger partial charge in [0.15, 0.2) is 0 Å². The number of nitriles is 1. The van der Waals surface area contributed by atoms with Gasteiger partial charge < -0.3 is 4.23 Å². The van der Waals surface area contributed by atoms with E-state index in [0.717, 1.165) is 6.42 Å². The van der Waals surface area contributed by atoms with Crippen LogP contribution in [0.25, 0.3) is 0 Å². The van der Waals surface area contributed by atoms with Crippen LogP contribution in [0.5, 0.6) is 0 Å². The van der Waals surface area contributed by atoms with Gasteiger partial charge in [0, 0.05) is 0 Å². The molecule has 0 aliphatic heterocycles. The van der Waals surface area contributed by atoms with Crippen molar-refractivity contribution in [3.05, 3.63) is 12.7 Å². The molecule has 0 bridgehead atoms. The van der Waals surface area contributed by atoms with Crippen molar-refractivity contribution in [2.24, 2.45) is 0 Å². The van der Waals surface area contributed by atoms with Crippen molar-refractivity contribution in [3.63, 3.8) is 0 Å². The largest absolute Gasteiger partial charge is 0.331 e. The molecule has 15 heavy (non-hydrogen) atoms. The highest BCUT2D eigenvalue weighted by Gasteiger charge is 2.38. The third-order valence-electron chi connectivity index (χ3n) is 2.30. The maximum absolute atomic E-state index is 9.26. The van der Waals surface area contributed by atoms with Crippen LogP contribution in [0.3, 0.4) is 0 Å². The zero-order valence-corrected chi connectivity index (χ0v) is 13.0. The molecule has 2 nitrogen and oxygen atoms in total. The van der Waals surface area contributed by atoms with Gasteiger partial charge in [-0.1, -0.05) is 45.4 Å². The van der Waals surface area contributed by atoms with E-state index in [4.69, 9.17) is 0 Å². The van der Waals surface area contributed by atoms with Gasteiger partial charge in [-0.15, -0.1) is 6.58 Å². The predicted octanol–water partition coefficient (Wildman–Crippen LogP) is 3.43. The van der Waals surface area contributed by atoms with Crippen molar-refractivity contribution in [2.75, 3.05) is 0 Å². The second kappa shape index (κ2) is 5.10. The van der Waals surface area contributed by atoms with E-state index in [1.807, 2.05) is 6.08 Å².